The molecule has 5 heteroatoms. The standard InChI is InChI=1S/C18H17ClN2O2/c1-4-23-18(22)14-9-16(13-6-5-7-15(19)8-13)17-20-11(2)12(3)21(17)10-14/h5-10H,4H2,1-3H3. The van der Waals surface area contributed by atoms with E-state index in [1.54, 1.807) is 13.1 Å². The summed E-state index contributed by atoms with van der Waals surface area (Å²) in [5.41, 5.74) is 4.99. The number of carbonyl (C=O) groups excluding carboxylic acids is 1. The predicted octanol–water partition coefficient (Wildman–Crippen LogP) is 4.45. The normalized spacial score (nSPS) is 11.0. The number of halogens is 1. The number of hydrogen-bond donors (Lipinski definition) is 0. The fourth-order valence-electron chi connectivity index (χ4n) is 2.57. The highest BCUT2D eigenvalue weighted by atomic mass is 35.5. The Kier molecular flexibility index (Phi) is 4.09. The zero-order valence-corrected chi connectivity index (χ0v) is 14.0. The molecule has 0 saturated carbocycles. The predicted molar refractivity (Wildman–Crippen MR) is 91.1 cm³/mol. The van der Waals surface area contributed by atoms with Crippen LogP contribution in [0.2, 0.25) is 5.02 Å². The molecule has 0 spiro atoms. The summed E-state index contributed by atoms with van der Waals surface area (Å²) in [6.45, 7) is 6.06. The number of fused-ring (bicyclic) bond motifs is 1. The van der Waals surface area contributed by atoms with Crippen molar-refractivity contribution in [3.05, 3.63) is 58.5 Å². The summed E-state index contributed by atoms with van der Waals surface area (Å²) in [6.07, 6.45) is 1.77. The summed E-state index contributed by atoms with van der Waals surface area (Å²) in [4.78, 5) is 16.8. The Hall–Kier alpha value is -2.33. The number of esters is 1. The number of rotatable bonds is 3. The quantitative estimate of drug-likeness (QED) is 0.667. The number of nitrogens with zero attached hydrogens (tertiary/aromatic N) is 2. The molecule has 0 amide bonds. The Morgan fingerprint density at radius 1 is 1.30 bits per heavy atom. The van der Waals surface area contributed by atoms with E-state index in [4.69, 9.17) is 16.3 Å². The number of ether oxygens (including phenoxy) is 1. The van der Waals surface area contributed by atoms with Gasteiger partial charge in [0.1, 0.15) is 5.65 Å². The van der Waals surface area contributed by atoms with Gasteiger partial charge in [0.15, 0.2) is 0 Å². The zero-order chi connectivity index (χ0) is 16.6. The Balaban J connectivity index is 2.30. The van der Waals surface area contributed by atoms with Gasteiger partial charge in [-0.15, -0.1) is 0 Å². The molecule has 0 aliphatic carbocycles. The van der Waals surface area contributed by atoms with Crippen LogP contribution in [-0.4, -0.2) is 22.0 Å². The Morgan fingerprint density at radius 2 is 2.09 bits per heavy atom. The Bertz CT molecular complexity index is 899. The SMILES string of the molecule is CCOC(=O)c1cc(-c2cccc(Cl)c2)c2nc(C)c(C)n2c1. The summed E-state index contributed by atoms with van der Waals surface area (Å²) in [5.74, 6) is -0.344. The van der Waals surface area contributed by atoms with Crippen LogP contribution in [-0.2, 0) is 4.74 Å². The minimum absolute atomic E-state index is 0.339. The molecule has 0 unspecified atom stereocenters. The van der Waals surface area contributed by atoms with Gasteiger partial charge in [-0.05, 0) is 44.5 Å². The van der Waals surface area contributed by atoms with Crippen molar-refractivity contribution >= 4 is 23.2 Å². The topological polar surface area (TPSA) is 43.6 Å². The molecule has 3 rings (SSSR count). The number of pyridine rings is 1. The second-order valence-electron chi connectivity index (χ2n) is 5.35. The highest BCUT2D eigenvalue weighted by molar-refractivity contribution is 6.30. The third kappa shape index (κ3) is 2.82. The van der Waals surface area contributed by atoms with E-state index >= 15 is 0 Å². The lowest BCUT2D eigenvalue weighted by Gasteiger charge is -2.09. The van der Waals surface area contributed by atoms with Gasteiger partial charge < -0.3 is 9.14 Å². The summed E-state index contributed by atoms with van der Waals surface area (Å²) >= 11 is 6.12. The fourth-order valence-corrected chi connectivity index (χ4v) is 2.76. The molecule has 3 aromatic rings. The lowest BCUT2D eigenvalue weighted by molar-refractivity contribution is 0.0526. The van der Waals surface area contributed by atoms with E-state index in [0.29, 0.717) is 17.2 Å². The second kappa shape index (κ2) is 6.05. The van der Waals surface area contributed by atoms with Crippen molar-refractivity contribution in [2.24, 2.45) is 0 Å². The molecule has 23 heavy (non-hydrogen) atoms. The van der Waals surface area contributed by atoms with Crippen molar-refractivity contribution < 1.29 is 9.53 Å². The van der Waals surface area contributed by atoms with E-state index in [1.165, 1.54) is 0 Å². The summed E-state index contributed by atoms with van der Waals surface area (Å²) in [7, 11) is 0. The lowest BCUT2D eigenvalue weighted by Crippen LogP contribution is -2.07. The first-order valence-electron chi connectivity index (χ1n) is 7.43. The minimum Gasteiger partial charge on any atom is -0.462 e. The first-order chi connectivity index (χ1) is 11.0. The maximum absolute atomic E-state index is 12.2. The van der Waals surface area contributed by atoms with Gasteiger partial charge in [-0.1, -0.05) is 23.7 Å². The molecule has 0 aliphatic heterocycles. The van der Waals surface area contributed by atoms with Crippen LogP contribution in [0.3, 0.4) is 0 Å². The van der Waals surface area contributed by atoms with Crippen LogP contribution in [0.5, 0.6) is 0 Å². The molecular formula is C18H17ClN2O2. The van der Waals surface area contributed by atoms with E-state index in [9.17, 15) is 4.79 Å². The lowest BCUT2D eigenvalue weighted by atomic mass is 10.1. The number of aryl methyl sites for hydroxylation is 2. The second-order valence-corrected chi connectivity index (χ2v) is 5.79. The molecule has 0 radical (unpaired) electrons. The van der Waals surface area contributed by atoms with Gasteiger partial charge in [0.2, 0.25) is 0 Å². The molecule has 4 nitrogen and oxygen atoms in total. The van der Waals surface area contributed by atoms with Gasteiger partial charge in [0, 0.05) is 22.5 Å². The molecule has 2 heterocycles. The number of hydrogen-bond acceptors (Lipinski definition) is 3. The minimum atomic E-state index is -0.344. The Morgan fingerprint density at radius 3 is 2.78 bits per heavy atom. The van der Waals surface area contributed by atoms with Crippen LogP contribution in [0.1, 0.15) is 28.7 Å². The maximum atomic E-state index is 12.2. The average molecular weight is 329 g/mol. The van der Waals surface area contributed by atoms with Crippen LogP contribution >= 0.6 is 11.6 Å². The van der Waals surface area contributed by atoms with Crippen molar-refractivity contribution in [2.45, 2.75) is 20.8 Å². The van der Waals surface area contributed by atoms with Gasteiger partial charge in [0.25, 0.3) is 0 Å². The fraction of sp³-hybridized carbons (Fsp3) is 0.222. The first kappa shape index (κ1) is 15.6. The van der Waals surface area contributed by atoms with Crippen LogP contribution in [0.15, 0.2) is 36.5 Å². The van der Waals surface area contributed by atoms with Crippen LogP contribution < -0.4 is 0 Å². The summed E-state index contributed by atoms with van der Waals surface area (Å²) < 4.78 is 7.07. The summed E-state index contributed by atoms with van der Waals surface area (Å²) in [6, 6.07) is 9.33. The maximum Gasteiger partial charge on any atom is 0.339 e. The third-order valence-corrected chi connectivity index (χ3v) is 4.08. The third-order valence-electron chi connectivity index (χ3n) is 3.84. The van der Waals surface area contributed by atoms with E-state index in [2.05, 4.69) is 4.98 Å². The van der Waals surface area contributed by atoms with E-state index in [0.717, 1.165) is 28.2 Å². The van der Waals surface area contributed by atoms with Gasteiger partial charge in [-0.3, -0.25) is 0 Å². The van der Waals surface area contributed by atoms with Crippen molar-refractivity contribution in [1.82, 2.24) is 9.38 Å². The highest BCUT2D eigenvalue weighted by Gasteiger charge is 2.16. The first-order valence-corrected chi connectivity index (χ1v) is 7.81. The average Bonchev–Trinajstić information content (AvgIpc) is 2.82. The van der Waals surface area contributed by atoms with Crippen molar-refractivity contribution in [2.75, 3.05) is 6.61 Å². The van der Waals surface area contributed by atoms with Gasteiger partial charge >= 0.3 is 5.97 Å². The molecule has 0 atom stereocenters. The van der Waals surface area contributed by atoms with Crippen molar-refractivity contribution in [3.63, 3.8) is 0 Å². The van der Waals surface area contributed by atoms with E-state index < -0.39 is 0 Å². The van der Waals surface area contributed by atoms with Gasteiger partial charge in [-0.2, -0.15) is 0 Å². The number of carbonyl (C=O) groups is 1. The van der Waals surface area contributed by atoms with E-state index in [1.807, 2.05) is 48.6 Å². The molecule has 0 saturated heterocycles. The highest BCUT2D eigenvalue weighted by Crippen LogP contribution is 2.29. The monoisotopic (exact) mass is 328 g/mol. The zero-order valence-electron chi connectivity index (χ0n) is 13.3. The Labute approximate surface area is 139 Å². The van der Waals surface area contributed by atoms with Crippen LogP contribution in [0, 0.1) is 13.8 Å². The largest absolute Gasteiger partial charge is 0.462 e. The van der Waals surface area contributed by atoms with Gasteiger partial charge in [-0.25, -0.2) is 9.78 Å². The molecular weight excluding hydrogens is 312 g/mol. The number of aromatic nitrogens is 2. The van der Waals surface area contributed by atoms with Crippen molar-refractivity contribution in [1.29, 1.82) is 0 Å². The molecule has 0 aliphatic rings. The molecule has 118 valence electrons. The molecule has 2 aromatic heterocycles. The van der Waals surface area contributed by atoms with Gasteiger partial charge in [0.05, 0.1) is 17.9 Å². The van der Waals surface area contributed by atoms with Crippen LogP contribution in [0.4, 0.5) is 0 Å². The van der Waals surface area contributed by atoms with Crippen molar-refractivity contribution in [3.8, 4) is 11.1 Å². The molecule has 0 bridgehead atoms. The molecule has 0 N–H and O–H groups in total. The molecule has 0 fully saturated rings. The van der Waals surface area contributed by atoms with Crippen LogP contribution in [0.25, 0.3) is 16.8 Å². The summed E-state index contributed by atoms with van der Waals surface area (Å²) in [5, 5.41) is 0.641. The number of imidazole rings is 1. The number of benzene rings is 1. The van der Waals surface area contributed by atoms with E-state index in [-0.39, 0.29) is 5.97 Å². The molecule has 1 aromatic carbocycles. The smallest absolute Gasteiger partial charge is 0.339 e.